The van der Waals surface area contributed by atoms with Gasteiger partial charge in [-0.1, -0.05) is 18.2 Å². The van der Waals surface area contributed by atoms with Gasteiger partial charge in [0.05, 0.1) is 30.4 Å². The van der Waals surface area contributed by atoms with Gasteiger partial charge in [-0.2, -0.15) is 4.31 Å². The maximum atomic E-state index is 13.3. The van der Waals surface area contributed by atoms with Crippen molar-refractivity contribution in [1.29, 1.82) is 0 Å². The van der Waals surface area contributed by atoms with E-state index in [4.69, 9.17) is 4.74 Å². The molecule has 0 aliphatic heterocycles. The highest BCUT2D eigenvalue weighted by atomic mass is 32.2. The number of likely N-dealkylation sites (N-methyl/N-ethyl adjacent to an activating group) is 1. The molecule has 0 amide bonds. The molecule has 0 radical (unpaired) electrons. The number of hydrogen-bond donors (Lipinski definition) is 0. The third-order valence-electron chi connectivity index (χ3n) is 4.31. The van der Waals surface area contributed by atoms with Gasteiger partial charge in [-0.15, -0.1) is 0 Å². The van der Waals surface area contributed by atoms with Gasteiger partial charge in [0.25, 0.3) is 0 Å². The minimum atomic E-state index is -4.29. The van der Waals surface area contributed by atoms with E-state index in [1.807, 2.05) is 0 Å². The number of aromatic nitrogens is 1. The van der Waals surface area contributed by atoms with Crippen molar-refractivity contribution < 1.29 is 27.5 Å². The maximum absolute atomic E-state index is 13.3. The van der Waals surface area contributed by atoms with Gasteiger partial charge < -0.3 is 9.47 Å². The summed E-state index contributed by atoms with van der Waals surface area (Å²) in [5, 5.41) is 0. The molecule has 0 N–H and O–H groups in total. The van der Waals surface area contributed by atoms with Crippen LogP contribution in [-0.4, -0.2) is 50.9 Å². The monoisotopic (exact) mass is 392 g/mol. The first-order chi connectivity index (χ1) is 12.7. The van der Waals surface area contributed by atoms with E-state index in [1.165, 1.54) is 50.5 Å². The van der Waals surface area contributed by atoms with Crippen molar-refractivity contribution in [3.8, 4) is 0 Å². The Bertz CT molecular complexity index is 945. The molecule has 0 fully saturated rings. The molecule has 2 aromatic rings. The van der Waals surface area contributed by atoms with Crippen LogP contribution in [0.3, 0.4) is 0 Å². The zero-order valence-corrected chi connectivity index (χ0v) is 16.2. The second-order valence-electron chi connectivity index (χ2n) is 5.74. The maximum Gasteiger partial charge on any atom is 0.339 e. The molecule has 0 unspecified atom stereocenters. The van der Waals surface area contributed by atoms with Gasteiger partial charge in [-0.3, -0.25) is 4.98 Å². The summed E-state index contributed by atoms with van der Waals surface area (Å²) in [5.41, 5.74) is -1.71. The van der Waals surface area contributed by atoms with Gasteiger partial charge in [-0.05, 0) is 31.2 Å². The van der Waals surface area contributed by atoms with Crippen LogP contribution in [0.2, 0.25) is 0 Å². The van der Waals surface area contributed by atoms with Crippen molar-refractivity contribution in [1.82, 2.24) is 9.29 Å². The molecule has 1 aromatic carbocycles. The molecule has 0 bridgehead atoms. The molecule has 0 aliphatic carbocycles. The van der Waals surface area contributed by atoms with Gasteiger partial charge in [0.2, 0.25) is 10.0 Å². The predicted octanol–water partition coefficient (Wildman–Crippen LogP) is 1.58. The van der Waals surface area contributed by atoms with Crippen LogP contribution in [0.5, 0.6) is 0 Å². The number of sulfonamides is 1. The molecule has 1 heterocycles. The fourth-order valence-corrected chi connectivity index (χ4v) is 4.23. The molecule has 144 valence electrons. The molecule has 2 rings (SSSR count). The molecular weight excluding hydrogens is 372 g/mol. The zero-order valence-electron chi connectivity index (χ0n) is 15.4. The SMILES string of the molecule is COC(=O)c1ccccc1S(=O)(=O)N(C)[C@@](C)(C(=O)OC)c1ccccn1. The molecule has 0 aliphatic rings. The molecule has 0 saturated carbocycles. The van der Waals surface area contributed by atoms with Crippen LogP contribution in [0, 0.1) is 0 Å². The Labute approximate surface area is 157 Å². The van der Waals surface area contributed by atoms with Crippen LogP contribution in [0.15, 0.2) is 53.6 Å². The molecule has 8 nitrogen and oxygen atoms in total. The smallest absolute Gasteiger partial charge is 0.339 e. The number of hydrogen-bond acceptors (Lipinski definition) is 7. The molecule has 0 saturated heterocycles. The van der Waals surface area contributed by atoms with Crippen molar-refractivity contribution in [2.75, 3.05) is 21.3 Å². The summed E-state index contributed by atoms with van der Waals surface area (Å²) >= 11 is 0. The summed E-state index contributed by atoms with van der Waals surface area (Å²) in [5.74, 6) is -1.62. The lowest BCUT2D eigenvalue weighted by molar-refractivity contribution is -0.151. The summed E-state index contributed by atoms with van der Waals surface area (Å²) in [4.78, 5) is 28.4. The van der Waals surface area contributed by atoms with Gasteiger partial charge in [-0.25, -0.2) is 18.0 Å². The van der Waals surface area contributed by atoms with Gasteiger partial charge in [0.15, 0.2) is 5.54 Å². The molecule has 0 spiro atoms. The summed E-state index contributed by atoms with van der Waals surface area (Å²) in [6.45, 7) is 1.39. The van der Waals surface area contributed by atoms with Gasteiger partial charge in [0.1, 0.15) is 0 Å². The van der Waals surface area contributed by atoms with Crippen molar-refractivity contribution in [3.05, 3.63) is 59.9 Å². The number of rotatable bonds is 6. The Morgan fingerprint density at radius 3 is 2.22 bits per heavy atom. The minimum absolute atomic E-state index is 0.139. The number of methoxy groups -OCH3 is 2. The Morgan fingerprint density at radius 2 is 1.67 bits per heavy atom. The van der Waals surface area contributed by atoms with Crippen molar-refractivity contribution in [2.24, 2.45) is 0 Å². The summed E-state index contributed by atoms with van der Waals surface area (Å²) in [7, 11) is -0.749. The van der Waals surface area contributed by atoms with Crippen molar-refractivity contribution >= 4 is 22.0 Å². The largest absolute Gasteiger partial charge is 0.467 e. The van der Waals surface area contributed by atoms with Crippen molar-refractivity contribution in [3.63, 3.8) is 0 Å². The fraction of sp³-hybridized carbons (Fsp3) is 0.278. The van der Waals surface area contributed by atoms with E-state index >= 15 is 0 Å². The highest BCUT2D eigenvalue weighted by Gasteiger charge is 2.48. The average molecular weight is 392 g/mol. The highest BCUT2D eigenvalue weighted by molar-refractivity contribution is 7.89. The summed E-state index contributed by atoms with van der Waals surface area (Å²) in [6.07, 6.45) is 1.44. The van der Waals surface area contributed by atoms with E-state index in [0.29, 0.717) is 0 Å². The van der Waals surface area contributed by atoms with E-state index in [9.17, 15) is 18.0 Å². The summed E-state index contributed by atoms with van der Waals surface area (Å²) < 4.78 is 36.9. The first-order valence-electron chi connectivity index (χ1n) is 7.87. The number of esters is 2. The van der Waals surface area contributed by atoms with E-state index in [1.54, 1.807) is 12.1 Å². The van der Waals surface area contributed by atoms with Crippen molar-refractivity contribution in [2.45, 2.75) is 17.4 Å². The fourth-order valence-electron chi connectivity index (χ4n) is 2.60. The Morgan fingerprint density at radius 1 is 1.04 bits per heavy atom. The quantitative estimate of drug-likeness (QED) is 0.688. The summed E-state index contributed by atoms with van der Waals surface area (Å²) in [6, 6.07) is 10.4. The molecular formula is C18H20N2O6S. The lowest BCUT2D eigenvalue weighted by atomic mass is 9.97. The third kappa shape index (κ3) is 3.56. The minimum Gasteiger partial charge on any atom is -0.467 e. The lowest BCUT2D eigenvalue weighted by Crippen LogP contribution is -2.51. The first-order valence-corrected chi connectivity index (χ1v) is 9.31. The Balaban J connectivity index is 2.68. The number of ether oxygens (including phenoxy) is 2. The number of nitrogens with zero attached hydrogens (tertiary/aromatic N) is 2. The van der Waals surface area contributed by atoms with E-state index in [2.05, 4.69) is 9.72 Å². The van der Waals surface area contributed by atoms with Crippen LogP contribution in [-0.2, 0) is 29.8 Å². The second kappa shape index (κ2) is 7.85. The van der Waals surface area contributed by atoms with E-state index < -0.39 is 27.5 Å². The first kappa shape index (κ1) is 20.5. The van der Waals surface area contributed by atoms with Crippen LogP contribution in [0.1, 0.15) is 23.0 Å². The van der Waals surface area contributed by atoms with Crippen LogP contribution in [0.25, 0.3) is 0 Å². The highest BCUT2D eigenvalue weighted by Crippen LogP contribution is 2.33. The molecule has 1 atom stereocenters. The molecule has 27 heavy (non-hydrogen) atoms. The van der Waals surface area contributed by atoms with Crippen LogP contribution >= 0.6 is 0 Å². The normalized spacial score (nSPS) is 13.7. The predicted molar refractivity (Wildman–Crippen MR) is 96.3 cm³/mol. The number of carbonyl (C=O) groups excluding carboxylic acids is 2. The molecule has 1 aromatic heterocycles. The second-order valence-corrected chi connectivity index (χ2v) is 7.68. The molecule has 9 heteroatoms. The van der Waals surface area contributed by atoms with Crippen LogP contribution < -0.4 is 0 Å². The third-order valence-corrected chi connectivity index (χ3v) is 6.31. The Hall–Kier alpha value is -2.78. The number of carbonyl (C=O) groups is 2. The number of benzene rings is 1. The standard InChI is InChI=1S/C18H20N2O6S/c1-18(17(22)26-4,15-11-7-8-12-19-15)20(2)27(23,24)14-10-6-5-9-13(14)16(21)25-3/h5-12H,1-4H3/t18-/m1/s1. The zero-order chi connectivity index (χ0) is 20.2. The topological polar surface area (TPSA) is 103 Å². The van der Waals surface area contributed by atoms with Gasteiger partial charge in [0, 0.05) is 13.2 Å². The van der Waals surface area contributed by atoms with Gasteiger partial charge >= 0.3 is 11.9 Å². The van der Waals surface area contributed by atoms with E-state index in [0.717, 1.165) is 18.5 Å². The van der Waals surface area contributed by atoms with Crippen LogP contribution in [0.4, 0.5) is 0 Å². The average Bonchev–Trinajstić information content (AvgIpc) is 2.71. The lowest BCUT2D eigenvalue weighted by Gasteiger charge is -2.34. The number of pyridine rings is 1. The Kier molecular flexibility index (Phi) is 5.97. The van der Waals surface area contributed by atoms with E-state index in [-0.39, 0.29) is 16.2 Å².